The van der Waals surface area contributed by atoms with Crippen molar-refractivity contribution in [3.05, 3.63) is 17.4 Å². The van der Waals surface area contributed by atoms with Gasteiger partial charge < -0.3 is 10.6 Å². The highest BCUT2D eigenvalue weighted by Crippen LogP contribution is 2.49. The van der Waals surface area contributed by atoms with E-state index in [1.165, 1.54) is 25.7 Å². The molecule has 2 heterocycles. The largest absolute Gasteiger partial charge is 0.341 e. The lowest BCUT2D eigenvalue weighted by molar-refractivity contribution is 0.342. The number of nitrogens with two attached hydrogens (primary N) is 1. The zero-order valence-electron chi connectivity index (χ0n) is 11.1. The fourth-order valence-corrected chi connectivity index (χ4v) is 3.49. The molecule has 3 rings (SSSR count). The summed E-state index contributed by atoms with van der Waals surface area (Å²) >= 11 is 5.82. The summed E-state index contributed by atoms with van der Waals surface area (Å²) in [6, 6.07) is 0. The molecule has 1 aliphatic carbocycles. The molecule has 1 unspecified atom stereocenters. The van der Waals surface area contributed by atoms with Gasteiger partial charge in [0, 0.05) is 13.1 Å². The van der Waals surface area contributed by atoms with E-state index in [4.69, 9.17) is 17.3 Å². The molecule has 2 atom stereocenters. The first-order valence-corrected chi connectivity index (χ1v) is 7.58. The van der Waals surface area contributed by atoms with Crippen molar-refractivity contribution in [3.63, 3.8) is 0 Å². The molecule has 2 aliphatic rings. The van der Waals surface area contributed by atoms with E-state index in [0.29, 0.717) is 5.02 Å². The molecular formula is C14H21ClN4. The van der Waals surface area contributed by atoms with E-state index in [1.54, 1.807) is 12.4 Å². The van der Waals surface area contributed by atoms with Gasteiger partial charge in [0.1, 0.15) is 0 Å². The summed E-state index contributed by atoms with van der Waals surface area (Å²) in [5.41, 5.74) is 5.64. The van der Waals surface area contributed by atoms with E-state index in [9.17, 15) is 0 Å². The molecule has 0 amide bonds. The highest BCUT2D eigenvalue weighted by Gasteiger charge is 2.42. The Morgan fingerprint density at radius 3 is 2.58 bits per heavy atom. The Hall–Kier alpha value is -0.870. The lowest BCUT2D eigenvalue weighted by Gasteiger charge is -2.32. The number of halogens is 1. The molecule has 1 saturated heterocycles. The molecule has 1 aromatic rings. The molecule has 0 aromatic carbocycles. The molecule has 5 heteroatoms. The number of hydrogen-bond donors (Lipinski definition) is 1. The van der Waals surface area contributed by atoms with Crippen molar-refractivity contribution < 1.29 is 0 Å². The second kappa shape index (κ2) is 5.63. The van der Waals surface area contributed by atoms with Crippen LogP contribution in [0.2, 0.25) is 5.02 Å². The van der Waals surface area contributed by atoms with Crippen LogP contribution in [0.25, 0.3) is 0 Å². The number of rotatable bonds is 4. The highest BCUT2D eigenvalue weighted by molar-refractivity contribution is 6.30. The molecule has 1 saturated carbocycles. The maximum absolute atomic E-state index is 5.82. The van der Waals surface area contributed by atoms with Gasteiger partial charge in [-0.05, 0) is 50.0 Å². The maximum Gasteiger partial charge on any atom is 0.225 e. The maximum atomic E-state index is 5.82. The third-order valence-electron chi connectivity index (χ3n) is 4.55. The molecule has 104 valence electrons. The Bertz CT molecular complexity index is 414. The minimum atomic E-state index is 0.598. The SMILES string of the molecule is NCC[C@@H]1CC1C1CCN(c2ncc(Cl)cn2)CC1. The minimum absolute atomic E-state index is 0.598. The number of anilines is 1. The van der Waals surface area contributed by atoms with Crippen molar-refractivity contribution in [1.82, 2.24) is 9.97 Å². The van der Waals surface area contributed by atoms with E-state index in [1.807, 2.05) is 0 Å². The third kappa shape index (κ3) is 3.00. The van der Waals surface area contributed by atoms with Crippen molar-refractivity contribution in [3.8, 4) is 0 Å². The van der Waals surface area contributed by atoms with Crippen molar-refractivity contribution in [2.75, 3.05) is 24.5 Å². The van der Waals surface area contributed by atoms with Crippen LogP contribution in [0.4, 0.5) is 5.95 Å². The summed E-state index contributed by atoms with van der Waals surface area (Å²) < 4.78 is 0. The van der Waals surface area contributed by atoms with Crippen LogP contribution in [-0.2, 0) is 0 Å². The average molecular weight is 281 g/mol. The molecular weight excluding hydrogens is 260 g/mol. The van der Waals surface area contributed by atoms with Gasteiger partial charge in [-0.1, -0.05) is 11.6 Å². The molecule has 2 N–H and O–H groups in total. The molecule has 4 nitrogen and oxygen atoms in total. The summed E-state index contributed by atoms with van der Waals surface area (Å²) in [5.74, 6) is 3.56. The number of piperidine rings is 1. The smallest absolute Gasteiger partial charge is 0.225 e. The fraction of sp³-hybridized carbons (Fsp3) is 0.714. The molecule has 0 spiro atoms. The Labute approximate surface area is 119 Å². The van der Waals surface area contributed by atoms with Crippen LogP contribution in [0.15, 0.2) is 12.4 Å². The number of hydrogen-bond acceptors (Lipinski definition) is 4. The fourth-order valence-electron chi connectivity index (χ4n) is 3.39. The second-order valence-electron chi connectivity index (χ2n) is 5.76. The van der Waals surface area contributed by atoms with Crippen LogP contribution in [0.1, 0.15) is 25.7 Å². The molecule has 0 radical (unpaired) electrons. The summed E-state index contributed by atoms with van der Waals surface area (Å²) in [4.78, 5) is 10.9. The van der Waals surface area contributed by atoms with Crippen molar-refractivity contribution in [1.29, 1.82) is 0 Å². The van der Waals surface area contributed by atoms with E-state index in [0.717, 1.165) is 43.3 Å². The van der Waals surface area contributed by atoms with Crippen LogP contribution in [-0.4, -0.2) is 29.6 Å². The van der Waals surface area contributed by atoms with Gasteiger partial charge in [-0.2, -0.15) is 0 Å². The summed E-state index contributed by atoms with van der Waals surface area (Å²) in [6.07, 6.45) is 8.49. The van der Waals surface area contributed by atoms with Crippen molar-refractivity contribution in [2.24, 2.45) is 23.5 Å². The van der Waals surface area contributed by atoms with Crippen molar-refractivity contribution in [2.45, 2.75) is 25.7 Å². The van der Waals surface area contributed by atoms with Crippen LogP contribution in [0.3, 0.4) is 0 Å². The first-order valence-electron chi connectivity index (χ1n) is 7.20. The zero-order valence-corrected chi connectivity index (χ0v) is 11.9. The third-order valence-corrected chi connectivity index (χ3v) is 4.74. The van der Waals surface area contributed by atoms with E-state index in [2.05, 4.69) is 14.9 Å². The van der Waals surface area contributed by atoms with E-state index >= 15 is 0 Å². The Balaban J connectivity index is 1.51. The van der Waals surface area contributed by atoms with Gasteiger partial charge >= 0.3 is 0 Å². The number of nitrogens with zero attached hydrogens (tertiary/aromatic N) is 3. The second-order valence-corrected chi connectivity index (χ2v) is 6.20. The number of aromatic nitrogens is 2. The van der Waals surface area contributed by atoms with Crippen LogP contribution in [0.5, 0.6) is 0 Å². The normalized spacial score (nSPS) is 27.6. The quantitative estimate of drug-likeness (QED) is 0.920. The molecule has 0 bridgehead atoms. The lowest BCUT2D eigenvalue weighted by atomic mass is 9.90. The minimum Gasteiger partial charge on any atom is -0.341 e. The Kier molecular flexibility index (Phi) is 3.89. The first kappa shape index (κ1) is 13.1. The predicted octanol–water partition coefficient (Wildman–Crippen LogP) is 2.33. The highest BCUT2D eigenvalue weighted by atomic mass is 35.5. The lowest BCUT2D eigenvalue weighted by Crippen LogP contribution is -2.35. The van der Waals surface area contributed by atoms with E-state index in [-0.39, 0.29) is 0 Å². The van der Waals surface area contributed by atoms with Gasteiger partial charge in [0.2, 0.25) is 5.95 Å². The first-order chi connectivity index (χ1) is 9.28. The monoisotopic (exact) mass is 280 g/mol. The molecule has 1 aromatic heterocycles. The van der Waals surface area contributed by atoms with Gasteiger partial charge in [0.05, 0.1) is 17.4 Å². The zero-order chi connectivity index (χ0) is 13.2. The summed E-state index contributed by atoms with van der Waals surface area (Å²) in [7, 11) is 0. The molecule has 2 fully saturated rings. The topological polar surface area (TPSA) is 55.0 Å². The van der Waals surface area contributed by atoms with Gasteiger partial charge in [-0.3, -0.25) is 0 Å². The van der Waals surface area contributed by atoms with Crippen LogP contribution >= 0.6 is 11.6 Å². The summed E-state index contributed by atoms with van der Waals surface area (Å²) in [5, 5.41) is 0.598. The standard InChI is InChI=1S/C14H21ClN4/c15-12-8-17-14(18-9-12)19-5-2-10(3-6-19)13-7-11(13)1-4-16/h8-11,13H,1-7,16H2/t11-,13?/m1/s1. The summed E-state index contributed by atoms with van der Waals surface area (Å²) in [6.45, 7) is 2.98. The van der Waals surface area contributed by atoms with Gasteiger partial charge in [-0.25, -0.2) is 9.97 Å². The molecule has 19 heavy (non-hydrogen) atoms. The predicted molar refractivity (Wildman–Crippen MR) is 77.2 cm³/mol. The van der Waals surface area contributed by atoms with Gasteiger partial charge in [0.15, 0.2) is 0 Å². The van der Waals surface area contributed by atoms with E-state index < -0.39 is 0 Å². The Morgan fingerprint density at radius 2 is 1.95 bits per heavy atom. The average Bonchev–Trinajstić information content (AvgIpc) is 3.20. The van der Waals surface area contributed by atoms with Gasteiger partial charge in [-0.15, -0.1) is 0 Å². The van der Waals surface area contributed by atoms with Crippen molar-refractivity contribution >= 4 is 17.5 Å². The molecule has 1 aliphatic heterocycles. The Morgan fingerprint density at radius 1 is 1.26 bits per heavy atom. The van der Waals surface area contributed by atoms with Gasteiger partial charge in [0.25, 0.3) is 0 Å². The van der Waals surface area contributed by atoms with Crippen LogP contribution < -0.4 is 10.6 Å². The van der Waals surface area contributed by atoms with Crippen LogP contribution in [0, 0.1) is 17.8 Å².